The van der Waals surface area contributed by atoms with Gasteiger partial charge in [-0.1, -0.05) is 0 Å². The molecule has 0 saturated carbocycles. The molecule has 14 heavy (non-hydrogen) atoms. The Hall–Kier alpha value is -0.780. The van der Waals surface area contributed by atoms with Crippen LogP contribution in [0.1, 0.15) is 6.92 Å². The van der Waals surface area contributed by atoms with Crippen molar-refractivity contribution in [3.05, 3.63) is 0 Å². The molecule has 1 rings (SSSR count). The molecule has 0 unspecified atom stereocenters. The summed E-state index contributed by atoms with van der Waals surface area (Å²) in [5, 5.41) is 2.72. The SMILES string of the molecule is CCNC(=O)N1CCS(=O)(=NC)CC1. The van der Waals surface area contributed by atoms with Gasteiger partial charge in [-0.05, 0) is 6.92 Å². The number of nitrogens with zero attached hydrogens (tertiary/aromatic N) is 2. The van der Waals surface area contributed by atoms with Gasteiger partial charge in [-0.25, -0.2) is 13.4 Å². The van der Waals surface area contributed by atoms with E-state index in [1.54, 1.807) is 11.9 Å². The number of rotatable bonds is 1. The fraction of sp³-hybridized carbons (Fsp3) is 0.875. The summed E-state index contributed by atoms with van der Waals surface area (Å²) in [6.07, 6.45) is 0. The van der Waals surface area contributed by atoms with E-state index in [2.05, 4.69) is 9.68 Å². The lowest BCUT2D eigenvalue weighted by atomic mass is 10.5. The van der Waals surface area contributed by atoms with Gasteiger partial charge in [0, 0.05) is 47.9 Å². The molecule has 6 heteroatoms. The van der Waals surface area contributed by atoms with Gasteiger partial charge in [0.1, 0.15) is 0 Å². The minimum Gasteiger partial charge on any atom is -0.338 e. The van der Waals surface area contributed by atoms with Crippen LogP contribution in [-0.2, 0) is 9.73 Å². The fourth-order valence-corrected chi connectivity index (χ4v) is 2.95. The monoisotopic (exact) mass is 219 g/mol. The van der Waals surface area contributed by atoms with E-state index in [-0.39, 0.29) is 6.03 Å². The lowest BCUT2D eigenvalue weighted by molar-refractivity contribution is 0.203. The number of nitrogens with one attached hydrogen (secondary N) is 1. The van der Waals surface area contributed by atoms with E-state index in [1.807, 2.05) is 6.92 Å². The Kier molecular flexibility index (Phi) is 3.74. The van der Waals surface area contributed by atoms with Crippen molar-refractivity contribution in [3.63, 3.8) is 0 Å². The predicted molar refractivity (Wildman–Crippen MR) is 56.9 cm³/mol. The first-order valence-corrected chi connectivity index (χ1v) is 6.60. The zero-order valence-corrected chi connectivity index (χ0v) is 9.47. The summed E-state index contributed by atoms with van der Waals surface area (Å²) in [6.45, 7) is 3.60. The molecular weight excluding hydrogens is 202 g/mol. The molecule has 0 aromatic carbocycles. The first-order chi connectivity index (χ1) is 6.61. The van der Waals surface area contributed by atoms with E-state index < -0.39 is 9.73 Å². The summed E-state index contributed by atoms with van der Waals surface area (Å²) < 4.78 is 15.7. The quantitative estimate of drug-likeness (QED) is 0.681. The van der Waals surface area contributed by atoms with Gasteiger partial charge in [0.05, 0.1) is 0 Å². The lowest BCUT2D eigenvalue weighted by Crippen LogP contribution is -2.48. The summed E-state index contributed by atoms with van der Waals surface area (Å²) >= 11 is 0. The number of hydrogen-bond donors (Lipinski definition) is 1. The van der Waals surface area contributed by atoms with Crippen molar-refractivity contribution in [2.45, 2.75) is 6.92 Å². The van der Waals surface area contributed by atoms with Crippen molar-refractivity contribution in [2.24, 2.45) is 4.36 Å². The van der Waals surface area contributed by atoms with Gasteiger partial charge in [0.25, 0.3) is 0 Å². The van der Waals surface area contributed by atoms with E-state index in [0.717, 1.165) is 0 Å². The van der Waals surface area contributed by atoms with Crippen LogP contribution >= 0.6 is 0 Å². The molecule has 0 atom stereocenters. The van der Waals surface area contributed by atoms with Crippen molar-refractivity contribution in [3.8, 4) is 0 Å². The van der Waals surface area contributed by atoms with Crippen LogP contribution in [-0.4, -0.2) is 53.3 Å². The van der Waals surface area contributed by atoms with Crippen LogP contribution in [0.2, 0.25) is 0 Å². The van der Waals surface area contributed by atoms with Crippen molar-refractivity contribution in [2.75, 3.05) is 38.2 Å². The van der Waals surface area contributed by atoms with Crippen LogP contribution in [0.5, 0.6) is 0 Å². The van der Waals surface area contributed by atoms with E-state index in [1.165, 1.54) is 0 Å². The molecule has 1 saturated heterocycles. The van der Waals surface area contributed by atoms with Gasteiger partial charge in [0.2, 0.25) is 0 Å². The van der Waals surface area contributed by atoms with Crippen LogP contribution in [0.4, 0.5) is 4.79 Å². The standard InChI is InChI=1S/C8H17N3O2S/c1-3-10-8(12)11-4-6-14(13,9-2)7-5-11/h3-7H2,1-2H3,(H,10,12). The van der Waals surface area contributed by atoms with Gasteiger partial charge in [-0.3, -0.25) is 0 Å². The zero-order chi connectivity index (χ0) is 10.6. The third-order valence-corrected chi connectivity index (χ3v) is 4.61. The molecular formula is C8H17N3O2S. The second-order valence-corrected chi connectivity index (χ2v) is 5.91. The van der Waals surface area contributed by atoms with Crippen LogP contribution in [0.15, 0.2) is 4.36 Å². The highest BCUT2D eigenvalue weighted by atomic mass is 32.2. The molecule has 0 radical (unpaired) electrons. The minimum absolute atomic E-state index is 0.0648. The lowest BCUT2D eigenvalue weighted by Gasteiger charge is -2.28. The van der Waals surface area contributed by atoms with Crippen LogP contribution < -0.4 is 5.32 Å². The topological polar surface area (TPSA) is 61.8 Å². The summed E-state index contributed by atoms with van der Waals surface area (Å²) in [7, 11) is -0.419. The fourth-order valence-electron chi connectivity index (χ4n) is 1.37. The first-order valence-electron chi connectivity index (χ1n) is 4.74. The number of hydrogen-bond acceptors (Lipinski definition) is 3. The third-order valence-electron chi connectivity index (χ3n) is 2.31. The summed E-state index contributed by atoms with van der Waals surface area (Å²) in [4.78, 5) is 13.1. The Bertz CT molecular complexity index is 307. The van der Waals surface area contributed by atoms with Crippen LogP contribution in [0.25, 0.3) is 0 Å². The maximum absolute atomic E-state index is 11.8. The van der Waals surface area contributed by atoms with Gasteiger partial charge in [-0.2, -0.15) is 0 Å². The maximum Gasteiger partial charge on any atom is 0.317 e. The second-order valence-electron chi connectivity index (χ2n) is 3.19. The van der Waals surface area contributed by atoms with E-state index >= 15 is 0 Å². The van der Waals surface area contributed by atoms with Crippen molar-refractivity contribution >= 4 is 15.8 Å². The molecule has 1 heterocycles. The van der Waals surface area contributed by atoms with Gasteiger partial charge in [0.15, 0.2) is 0 Å². The molecule has 1 N–H and O–H groups in total. The average molecular weight is 219 g/mol. The third kappa shape index (κ3) is 2.60. The largest absolute Gasteiger partial charge is 0.338 e. The average Bonchev–Trinajstić information content (AvgIpc) is 2.19. The molecule has 0 aromatic heterocycles. The molecule has 2 amide bonds. The van der Waals surface area contributed by atoms with Gasteiger partial charge >= 0.3 is 6.03 Å². The second kappa shape index (κ2) is 4.63. The molecule has 1 aliphatic heterocycles. The molecule has 0 aliphatic carbocycles. The molecule has 82 valence electrons. The summed E-state index contributed by atoms with van der Waals surface area (Å²) in [6, 6.07) is -0.0648. The number of urea groups is 1. The molecule has 0 aromatic rings. The molecule has 1 aliphatic rings. The first kappa shape index (κ1) is 11.3. The van der Waals surface area contributed by atoms with Crippen LogP contribution in [0.3, 0.4) is 0 Å². The highest BCUT2D eigenvalue weighted by Crippen LogP contribution is 2.06. The maximum atomic E-state index is 11.8. The highest BCUT2D eigenvalue weighted by molar-refractivity contribution is 7.93. The molecule has 1 fully saturated rings. The molecule has 0 spiro atoms. The normalized spacial score (nSPS) is 20.3. The summed E-state index contributed by atoms with van der Waals surface area (Å²) in [5.41, 5.74) is 0. The van der Waals surface area contributed by atoms with Crippen molar-refractivity contribution in [1.29, 1.82) is 0 Å². The zero-order valence-electron chi connectivity index (χ0n) is 8.65. The smallest absolute Gasteiger partial charge is 0.317 e. The van der Waals surface area contributed by atoms with Gasteiger partial charge < -0.3 is 10.2 Å². The summed E-state index contributed by atoms with van der Waals surface area (Å²) in [5.74, 6) is 1.00. The van der Waals surface area contributed by atoms with E-state index in [9.17, 15) is 9.00 Å². The van der Waals surface area contributed by atoms with Crippen molar-refractivity contribution < 1.29 is 9.00 Å². The number of amides is 2. The Balaban J connectivity index is 2.51. The Labute approximate surface area is 85.0 Å². The Morgan fingerprint density at radius 3 is 2.50 bits per heavy atom. The van der Waals surface area contributed by atoms with Gasteiger partial charge in [-0.15, -0.1) is 0 Å². The van der Waals surface area contributed by atoms with Crippen LogP contribution in [0, 0.1) is 0 Å². The Morgan fingerprint density at radius 1 is 1.50 bits per heavy atom. The minimum atomic E-state index is -2.01. The number of carbonyl (C=O) groups excluding carboxylic acids is 1. The van der Waals surface area contributed by atoms with Crippen molar-refractivity contribution in [1.82, 2.24) is 10.2 Å². The molecule has 0 bridgehead atoms. The Morgan fingerprint density at radius 2 is 2.07 bits per heavy atom. The number of carbonyl (C=O) groups is 1. The van der Waals surface area contributed by atoms with E-state index in [0.29, 0.717) is 31.1 Å². The molecule has 5 nitrogen and oxygen atoms in total. The highest BCUT2D eigenvalue weighted by Gasteiger charge is 2.22. The van der Waals surface area contributed by atoms with E-state index in [4.69, 9.17) is 0 Å². The predicted octanol–water partition coefficient (Wildman–Crippen LogP) is 0.129.